The predicted octanol–water partition coefficient (Wildman–Crippen LogP) is 4.39. The molecule has 0 spiro atoms. The maximum Gasteiger partial charge on any atom is 0.257 e. The zero-order valence-corrected chi connectivity index (χ0v) is 14.6. The molecule has 5 N–H and O–H groups in total. The van der Waals surface area contributed by atoms with Crippen molar-refractivity contribution in [3.8, 4) is 11.1 Å². The molecule has 4 aromatic rings. The van der Waals surface area contributed by atoms with Crippen LogP contribution in [0.2, 0.25) is 0 Å². The van der Waals surface area contributed by atoms with Gasteiger partial charge >= 0.3 is 0 Å². The van der Waals surface area contributed by atoms with Crippen molar-refractivity contribution in [3.05, 3.63) is 84.1 Å². The van der Waals surface area contributed by atoms with Gasteiger partial charge in [-0.2, -0.15) is 0 Å². The number of hydrogen-bond donors (Lipinski definition) is 3. The highest BCUT2D eigenvalue weighted by Gasteiger charge is 2.13. The lowest BCUT2D eigenvalue weighted by Gasteiger charge is -2.11. The molecule has 5 nitrogen and oxygen atoms in total. The first-order valence-electron chi connectivity index (χ1n) is 8.62. The summed E-state index contributed by atoms with van der Waals surface area (Å²) in [5, 5.41) is 3.84. The van der Waals surface area contributed by atoms with Crippen LogP contribution in [0, 0.1) is 0 Å². The van der Waals surface area contributed by atoms with Crippen molar-refractivity contribution in [3.63, 3.8) is 0 Å². The van der Waals surface area contributed by atoms with Crippen LogP contribution < -0.4 is 16.8 Å². The Labute approximate surface area is 156 Å². The van der Waals surface area contributed by atoms with E-state index in [1.807, 2.05) is 42.5 Å². The normalized spacial score (nSPS) is 10.9. The number of rotatable bonds is 4. The average molecular weight is 357 g/mol. The molecule has 1 aromatic heterocycles. The molecule has 0 fully saturated rings. The first-order valence-corrected chi connectivity index (χ1v) is 8.62. The van der Waals surface area contributed by atoms with E-state index in [1.54, 1.807) is 30.5 Å². The number of carbonyl (C=O) groups is 1. The minimum absolute atomic E-state index is 0.252. The Morgan fingerprint density at radius 3 is 2.67 bits per heavy atom. The van der Waals surface area contributed by atoms with Crippen LogP contribution in [0.5, 0.6) is 0 Å². The van der Waals surface area contributed by atoms with Crippen LogP contribution >= 0.6 is 0 Å². The summed E-state index contributed by atoms with van der Waals surface area (Å²) < 4.78 is 5.68. The fraction of sp³-hybridized carbons (Fsp3) is 0.0455. The molecule has 134 valence electrons. The standard InChI is InChI=1S/C22H19N3O2/c23-13-14-4-3-5-15(10-14)19-12-17(11-16-8-9-27-21(16)19)25-22(26)18-6-1-2-7-20(18)24/h1-12H,13,23-24H2,(H,25,26). The van der Waals surface area contributed by atoms with E-state index in [9.17, 15) is 4.79 Å². The number of amides is 1. The minimum Gasteiger partial charge on any atom is -0.464 e. The molecule has 0 bridgehead atoms. The van der Waals surface area contributed by atoms with E-state index in [1.165, 1.54) is 0 Å². The van der Waals surface area contributed by atoms with Gasteiger partial charge in [0.05, 0.1) is 11.8 Å². The summed E-state index contributed by atoms with van der Waals surface area (Å²) in [7, 11) is 0. The van der Waals surface area contributed by atoms with E-state index >= 15 is 0 Å². The Bertz CT molecular complexity index is 1130. The molecular formula is C22H19N3O2. The van der Waals surface area contributed by atoms with Crippen molar-refractivity contribution in [2.24, 2.45) is 5.73 Å². The molecule has 0 aliphatic carbocycles. The first kappa shape index (κ1) is 16.9. The molecule has 0 saturated heterocycles. The third-order valence-electron chi connectivity index (χ3n) is 4.49. The van der Waals surface area contributed by atoms with Crippen LogP contribution in [0.4, 0.5) is 11.4 Å². The maximum atomic E-state index is 12.6. The second kappa shape index (κ2) is 6.97. The number of para-hydroxylation sites is 1. The fourth-order valence-corrected chi connectivity index (χ4v) is 3.14. The van der Waals surface area contributed by atoms with Crippen molar-refractivity contribution in [2.75, 3.05) is 11.1 Å². The van der Waals surface area contributed by atoms with Crippen LogP contribution in [0.15, 0.2) is 77.4 Å². The van der Waals surface area contributed by atoms with Gasteiger partial charge in [0.1, 0.15) is 5.58 Å². The minimum atomic E-state index is -0.252. The number of furan rings is 1. The number of nitrogens with one attached hydrogen (secondary N) is 1. The summed E-state index contributed by atoms with van der Waals surface area (Å²) >= 11 is 0. The topological polar surface area (TPSA) is 94.3 Å². The van der Waals surface area contributed by atoms with Crippen molar-refractivity contribution >= 4 is 28.3 Å². The highest BCUT2D eigenvalue weighted by molar-refractivity contribution is 6.09. The van der Waals surface area contributed by atoms with E-state index in [0.717, 1.165) is 27.7 Å². The van der Waals surface area contributed by atoms with E-state index in [4.69, 9.17) is 15.9 Å². The third-order valence-corrected chi connectivity index (χ3v) is 4.49. The largest absolute Gasteiger partial charge is 0.464 e. The van der Waals surface area contributed by atoms with Gasteiger partial charge in [-0.15, -0.1) is 0 Å². The highest BCUT2D eigenvalue weighted by Crippen LogP contribution is 2.33. The zero-order valence-electron chi connectivity index (χ0n) is 14.6. The number of nitrogen functional groups attached to an aromatic ring is 1. The molecule has 1 heterocycles. The Balaban J connectivity index is 1.76. The smallest absolute Gasteiger partial charge is 0.257 e. The molecule has 3 aromatic carbocycles. The number of carbonyl (C=O) groups excluding carboxylic acids is 1. The summed E-state index contributed by atoms with van der Waals surface area (Å²) in [4.78, 5) is 12.6. The summed E-state index contributed by atoms with van der Waals surface area (Å²) in [6.45, 7) is 0.457. The molecule has 0 unspecified atom stereocenters. The summed E-state index contributed by atoms with van der Waals surface area (Å²) in [6.07, 6.45) is 1.64. The molecule has 0 atom stereocenters. The zero-order chi connectivity index (χ0) is 18.8. The second-order valence-corrected chi connectivity index (χ2v) is 6.31. The summed E-state index contributed by atoms with van der Waals surface area (Å²) in [5.74, 6) is -0.252. The lowest BCUT2D eigenvalue weighted by molar-refractivity contribution is 0.102. The molecule has 0 aliphatic rings. The third kappa shape index (κ3) is 3.28. The molecule has 0 saturated carbocycles. The fourth-order valence-electron chi connectivity index (χ4n) is 3.14. The maximum absolute atomic E-state index is 12.6. The molecule has 27 heavy (non-hydrogen) atoms. The van der Waals surface area contributed by atoms with Gasteiger partial charge in [0.2, 0.25) is 0 Å². The van der Waals surface area contributed by atoms with Crippen molar-refractivity contribution in [1.29, 1.82) is 0 Å². The Morgan fingerprint density at radius 1 is 1.00 bits per heavy atom. The molecular weight excluding hydrogens is 338 g/mol. The lowest BCUT2D eigenvalue weighted by Crippen LogP contribution is -2.13. The number of nitrogens with two attached hydrogens (primary N) is 2. The number of fused-ring (bicyclic) bond motifs is 1. The van der Waals surface area contributed by atoms with Crippen LogP contribution in [0.3, 0.4) is 0 Å². The van der Waals surface area contributed by atoms with Crippen LogP contribution in [-0.4, -0.2) is 5.91 Å². The van der Waals surface area contributed by atoms with E-state index in [2.05, 4.69) is 5.32 Å². The first-order chi connectivity index (χ1) is 13.2. The Hall–Kier alpha value is -3.57. The molecule has 0 aliphatic heterocycles. The lowest BCUT2D eigenvalue weighted by atomic mass is 10.0. The SMILES string of the molecule is NCc1cccc(-c2cc(NC(=O)c3ccccc3N)cc3ccoc23)c1. The Morgan fingerprint density at radius 2 is 1.85 bits per heavy atom. The van der Waals surface area contributed by atoms with Gasteiger partial charge in [0.25, 0.3) is 5.91 Å². The van der Waals surface area contributed by atoms with Gasteiger partial charge < -0.3 is 21.2 Å². The van der Waals surface area contributed by atoms with Gasteiger partial charge in [0, 0.05) is 28.9 Å². The summed E-state index contributed by atoms with van der Waals surface area (Å²) in [6, 6.07) is 20.6. The van der Waals surface area contributed by atoms with Crippen LogP contribution in [0.25, 0.3) is 22.1 Å². The number of hydrogen-bond acceptors (Lipinski definition) is 4. The molecule has 5 heteroatoms. The second-order valence-electron chi connectivity index (χ2n) is 6.31. The average Bonchev–Trinajstić information content (AvgIpc) is 3.16. The van der Waals surface area contributed by atoms with Crippen LogP contribution in [-0.2, 0) is 6.54 Å². The van der Waals surface area contributed by atoms with Gasteiger partial charge in [0.15, 0.2) is 0 Å². The number of anilines is 2. The van der Waals surface area contributed by atoms with Gasteiger partial charge in [-0.05, 0) is 47.5 Å². The van der Waals surface area contributed by atoms with E-state index in [0.29, 0.717) is 23.5 Å². The van der Waals surface area contributed by atoms with Crippen molar-refractivity contribution < 1.29 is 9.21 Å². The van der Waals surface area contributed by atoms with E-state index in [-0.39, 0.29) is 5.91 Å². The van der Waals surface area contributed by atoms with Gasteiger partial charge in [-0.1, -0.05) is 30.3 Å². The monoisotopic (exact) mass is 357 g/mol. The van der Waals surface area contributed by atoms with Gasteiger partial charge in [-0.3, -0.25) is 4.79 Å². The molecule has 0 radical (unpaired) electrons. The van der Waals surface area contributed by atoms with Crippen molar-refractivity contribution in [2.45, 2.75) is 6.54 Å². The van der Waals surface area contributed by atoms with E-state index < -0.39 is 0 Å². The van der Waals surface area contributed by atoms with Gasteiger partial charge in [-0.25, -0.2) is 0 Å². The quantitative estimate of drug-likeness (QED) is 0.472. The van der Waals surface area contributed by atoms with Crippen molar-refractivity contribution in [1.82, 2.24) is 0 Å². The highest BCUT2D eigenvalue weighted by atomic mass is 16.3. The number of benzene rings is 3. The predicted molar refractivity (Wildman–Crippen MR) is 108 cm³/mol. The molecule has 1 amide bonds. The molecule has 4 rings (SSSR count). The summed E-state index contributed by atoms with van der Waals surface area (Å²) in [5.41, 5.74) is 16.9. The Kier molecular flexibility index (Phi) is 4.36. The van der Waals surface area contributed by atoms with Crippen LogP contribution in [0.1, 0.15) is 15.9 Å².